The Balaban J connectivity index is 1.82. The van der Waals surface area contributed by atoms with Crippen molar-refractivity contribution in [1.82, 2.24) is 9.80 Å². The number of likely N-dealkylation sites (N-methyl/N-ethyl adjacent to an activating group) is 1. The van der Waals surface area contributed by atoms with E-state index >= 15 is 0 Å². The van der Waals surface area contributed by atoms with Gasteiger partial charge in [-0.1, -0.05) is 47.5 Å². The second-order valence-electron chi connectivity index (χ2n) is 9.04. The van der Waals surface area contributed by atoms with Crippen molar-refractivity contribution in [2.45, 2.75) is 32.9 Å². The van der Waals surface area contributed by atoms with E-state index in [0.29, 0.717) is 33.6 Å². The lowest BCUT2D eigenvalue weighted by atomic mass is 9.94. The molecule has 2 heterocycles. The SMILES string of the molecule is CC1=C(C(=O)OCCN(C)C)[C@H](c2ccccc2OC(C)C)N2C=C(c3c(Cl)cccc3Cl)SC2=N1. The Morgan fingerprint density at radius 1 is 1.14 bits per heavy atom. The summed E-state index contributed by atoms with van der Waals surface area (Å²) in [6, 6.07) is 12.7. The number of carbonyl (C=O) groups is 1. The molecule has 0 aliphatic carbocycles. The third-order valence-corrected chi connectivity index (χ3v) is 7.30. The number of nitrogens with zero attached hydrogens (tertiary/aromatic N) is 3. The highest BCUT2D eigenvalue weighted by atomic mass is 35.5. The van der Waals surface area contributed by atoms with E-state index in [-0.39, 0.29) is 12.7 Å². The van der Waals surface area contributed by atoms with Crippen LogP contribution in [0.15, 0.2) is 64.9 Å². The minimum absolute atomic E-state index is 0.0376. The van der Waals surface area contributed by atoms with Gasteiger partial charge < -0.3 is 19.3 Å². The Morgan fingerprint density at radius 3 is 2.50 bits per heavy atom. The first-order valence-electron chi connectivity index (χ1n) is 11.7. The normalized spacial score (nSPS) is 17.4. The van der Waals surface area contributed by atoms with Crippen molar-refractivity contribution in [1.29, 1.82) is 0 Å². The monoisotopic (exact) mass is 545 g/mol. The Bertz CT molecular complexity index is 1240. The molecule has 4 rings (SSSR count). The zero-order chi connectivity index (χ0) is 26.0. The van der Waals surface area contributed by atoms with Crippen LogP contribution in [-0.2, 0) is 9.53 Å². The molecule has 1 atom stereocenters. The molecule has 0 spiro atoms. The molecule has 36 heavy (non-hydrogen) atoms. The maximum atomic E-state index is 13.5. The minimum atomic E-state index is -0.495. The van der Waals surface area contributed by atoms with Crippen molar-refractivity contribution >= 4 is 51.0 Å². The number of amidine groups is 1. The fourth-order valence-electron chi connectivity index (χ4n) is 4.04. The van der Waals surface area contributed by atoms with Crippen LogP contribution in [-0.4, -0.2) is 54.3 Å². The number of para-hydroxylation sites is 1. The van der Waals surface area contributed by atoms with Gasteiger partial charge in [-0.3, -0.25) is 0 Å². The molecule has 6 nitrogen and oxygen atoms in total. The lowest BCUT2D eigenvalue weighted by Gasteiger charge is -2.34. The first-order chi connectivity index (χ1) is 17.2. The summed E-state index contributed by atoms with van der Waals surface area (Å²) in [5.74, 6) is 0.303. The Morgan fingerprint density at radius 2 is 1.83 bits per heavy atom. The number of allylic oxidation sites excluding steroid dienone is 1. The maximum Gasteiger partial charge on any atom is 0.338 e. The summed E-state index contributed by atoms with van der Waals surface area (Å²) >= 11 is 14.5. The van der Waals surface area contributed by atoms with Gasteiger partial charge in [-0.15, -0.1) is 0 Å². The van der Waals surface area contributed by atoms with Crippen LogP contribution < -0.4 is 4.74 Å². The van der Waals surface area contributed by atoms with Crippen LogP contribution in [0.1, 0.15) is 37.9 Å². The number of halogens is 2. The Labute approximate surface area is 226 Å². The van der Waals surface area contributed by atoms with Crippen LogP contribution in [0.5, 0.6) is 5.75 Å². The number of benzene rings is 2. The van der Waals surface area contributed by atoms with Crippen molar-refractivity contribution in [3.05, 3.63) is 81.1 Å². The molecule has 2 aromatic rings. The zero-order valence-corrected chi connectivity index (χ0v) is 23.2. The van der Waals surface area contributed by atoms with Gasteiger partial charge in [-0.05, 0) is 64.8 Å². The van der Waals surface area contributed by atoms with Crippen LogP contribution in [0.2, 0.25) is 10.0 Å². The van der Waals surface area contributed by atoms with Crippen molar-refractivity contribution < 1.29 is 14.3 Å². The second-order valence-corrected chi connectivity index (χ2v) is 10.9. The molecular formula is C27H29Cl2N3O3S. The third-order valence-electron chi connectivity index (χ3n) is 5.66. The number of hydrogen-bond donors (Lipinski definition) is 0. The van der Waals surface area contributed by atoms with E-state index in [0.717, 1.165) is 21.2 Å². The lowest BCUT2D eigenvalue weighted by Crippen LogP contribution is -2.35. The molecule has 190 valence electrons. The molecule has 0 unspecified atom stereocenters. The van der Waals surface area contributed by atoms with Crippen LogP contribution >= 0.6 is 35.0 Å². The molecule has 0 radical (unpaired) electrons. The van der Waals surface area contributed by atoms with Gasteiger partial charge in [0, 0.05) is 28.8 Å². The molecule has 0 saturated heterocycles. The molecule has 0 amide bonds. The summed E-state index contributed by atoms with van der Waals surface area (Å²) in [5, 5.41) is 1.83. The molecule has 0 saturated carbocycles. The summed E-state index contributed by atoms with van der Waals surface area (Å²) in [4.78, 5) is 23.0. The summed E-state index contributed by atoms with van der Waals surface area (Å²) < 4.78 is 11.8. The van der Waals surface area contributed by atoms with Gasteiger partial charge in [0.05, 0.1) is 33.5 Å². The molecular weight excluding hydrogens is 517 g/mol. The van der Waals surface area contributed by atoms with Gasteiger partial charge >= 0.3 is 5.97 Å². The van der Waals surface area contributed by atoms with Gasteiger partial charge in [0.2, 0.25) is 0 Å². The minimum Gasteiger partial charge on any atom is -0.491 e. The fourth-order valence-corrected chi connectivity index (χ4v) is 5.89. The van der Waals surface area contributed by atoms with E-state index in [1.807, 2.05) is 93.3 Å². The van der Waals surface area contributed by atoms with Gasteiger partial charge in [0.1, 0.15) is 12.4 Å². The first kappa shape index (κ1) is 26.6. The van der Waals surface area contributed by atoms with Crippen molar-refractivity contribution in [2.75, 3.05) is 27.2 Å². The highest BCUT2D eigenvalue weighted by Gasteiger charge is 2.41. The van der Waals surface area contributed by atoms with E-state index in [9.17, 15) is 4.79 Å². The van der Waals surface area contributed by atoms with Gasteiger partial charge in [-0.2, -0.15) is 0 Å². The van der Waals surface area contributed by atoms with Crippen molar-refractivity contribution in [2.24, 2.45) is 4.99 Å². The number of hydrogen-bond acceptors (Lipinski definition) is 7. The molecule has 9 heteroatoms. The van der Waals surface area contributed by atoms with Crippen LogP contribution in [0, 0.1) is 0 Å². The molecule has 0 aromatic heterocycles. The fraction of sp³-hybridized carbons (Fsp3) is 0.333. The number of rotatable bonds is 8. The van der Waals surface area contributed by atoms with E-state index in [2.05, 4.69) is 0 Å². The molecule has 2 aliphatic rings. The average Bonchev–Trinajstić information content (AvgIpc) is 3.20. The smallest absolute Gasteiger partial charge is 0.338 e. The summed E-state index contributed by atoms with van der Waals surface area (Å²) in [5.41, 5.74) is 2.66. The van der Waals surface area contributed by atoms with Gasteiger partial charge in [0.15, 0.2) is 5.17 Å². The highest BCUT2D eigenvalue weighted by molar-refractivity contribution is 8.22. The number of thioether (sulfide) groups is 1. The average molecular weight is 547 g/mol. The summed E-state index contributed by atoms with van der Waals surface area (Å²) in [6.45, 7) is 6.70. The van der Waals surface area contributed by atoms with Crippen LogP contribution in [0.25, 0.3) is 4.91 Å². The Hall–Kier alpha value is -2.45. The molecule has 2 aromatic carbocycles. The standard InChI is InChI=1S/C27H29Cl2N3O3S/c1-16(2)35-21-12-7-6-9-18(21)25-23(26(33)34-14-13-31(4)5)17(3)30-27-32(25)15-22(36-27)24-19(28)10-8-11-20(24)29/h6-12,15-16,25H,13-14H2,1-5H3/t25-/m0/s1. The number of esters is 1. The lowest BCUT2D eigenvalue weighted by molar-refractivity contribution is -0.140. The Kier molecular flexibility index (Phi) is 8.35. The van der Waals surface area contributed by atoms with Crippen molar-refractivity contribution in [3.8, 4) is 5.75 Å². The topological polar surface area (TPSA) is 54.4 Å². The van der Waals surface area contributed by atoms with Crippen molar-refractivity contribution in [3.63, 3.8) is 0 Å². The van der Waals surface area contributed by atoms with Gasteiger partial charge in [0.25, 0.3) is 0 Å². The second kappa shape index (κ2) is 11.3. The quantitative estimate of drug-likeness (QED) is 0.347. The number of aliphatic imine (C=N–C) groups is 1. The molecule has 0 bridgehead atoms. The van der Waals surface area contributed by atoms with E-state index in [1.165, 1.54) is 11.8 Å². The van der Waals surface area contributed by atoms with E-state index in [1.54, 1.807) is 0 Å². The predicted octanol–water partition coefficient (Wildman–Crippen LogP) is 6.62. The molecule has 2 aliphatic heterocycles. The first-order valence-corrected chi connectivity index (χ1v) is 13.2. The maximum absolute atomic E-state index is 13.5. The largest absolute Gasteiger partial charge is 0.491 e. The number of carbonyl (C=O) groups excluding carboxylic acids is 1. The van der Waals surface area contributed by atoms with Gasteiger partial charge in [-0.25, -0.2) is 9.79 Å². The number of fused-ring (bicyclic) bond motifs is 1. The molecule has 0 fully saturated rings. The zero-order valence-electron chi connectivity index (χ0n) is 20.9. The van der Waals surface area contributed by atoms with Crippen LogP contribution in [0.4, 0.5) is 0 Å². The summed E-state index contributed by atoms with van der Waals surface area (Å²) in [6.07, 6.45) is 1.91. The third kappa shape index (κ3) is 5.59. The van der Waals surface area contributed by atoms with E-state index in [4.69, 9.17) is 37.7 Å². The highest BCUT2D eigenvalue weighted by Crippen LogP contribution is 2.50. The van der Waals surface area contributed by atoms with Crippen LogP contribution in [0.3, 0.4) is 0 Å². The van der Waals surface area contributed by atoms with E-state index < -0.39 is 12.0 Å². The summed E-state index contributed by atoms with van der Waals surface area (Å²) in [7, 11) is 3.87. The predicted molar refractivity (Wildman–Crippen MR) is 148 cm³/mol. The molecule has 0 N–H and O–H groups in total. The number of ether oxygens (including phenoxy) is 2.